The number of aryl methyl sites for hydroxylation is 2. The first-order valence-corrected chi connectivity index (χ1v) is 8.38. The van der Waals surface area contributed by atoms with Gasteiger partial charge in [-0.3, -0.25) is 4.90 Å². The second-order valence-corrected chi connectivity index (χ2v) is 6.22. The normalized spacial score (nSPS) is 15.6. The van der Waals surface area contributed by atoms with E-state index in [0.29, 0.717) is 6.54 Å². The minimum absolute atomic E-state index is 0.353. The third kappa shape index (κ3) is 4.73. The Morgan fingerprint density at radius 1 is 1.23 bits per heavy atom. The fourth-order valence-corrected chi connectivity index (χ4v) is 3.02. The zero-order valence-electron chi connectivity index (χ0n) is 14.1. The molecule has 0 unspecified atom stereocenters. The number of piperidine rings is 1. The third-order valence-corrected chi connectivity index (χ3v) is 4.05. The number of nitrogens with one attached hydrogen (secondary N) is 1. The Morgan fingerprint density at radius 3 is 2.64 bits per heavy atom. The zero-order valence-corrected chi connectivity index (χ0v) is 14.1. The number of hydrogen-bond acceptors (Lipinski definition) is 3. The number of carbonyl (C=O) groups excluding carboxylic acids is 1. The SMILES string of the molecule is CCCNC(=O)Oc1c(C)cc(C)cc1CN1CCCCC1. The minimum atomic E-state index is -0.353. The second kappa shape index (κ2) is 8.18. The van der Waals surface area contributed by atoms with E-state index in [1.54, 1.807) is 0 Å². The lowest BCUT2D eigenvalue weighted by atomic mass is 10.0. The molecule has 1 aliphatic rings. The molecule has 0 aromatic heterocycles. The molecule has 2 rings (SSSR count). The van der Waals surface area contributed by atoms with E-state index in [1.807, 2.05) is 13.8 Å². The number of benzene rings is 1. The van der Waals surface area contributed by atoms with E-state index in [1.165, 1.54) is 24.8 Å². The Labute approximate surface area is 133 Å². The van der Waals surface area contributed by atoms with Crippen molar-refractivity contribution >= 4 is 6.09 Å². The third-order valence-electron chi connectivity index (χ3n) is 4.05. The average molecular weight is 304 g/mol. The highest BCUT2D eigenvalue weighted by Gasteiger charge is 2.17. The summed E-state index contributed by atoms with van der Waals surface area (Å²) in [5.74, 6) is 0.727. The maximum absolute atomic E-state index is 11.9. The molecule has 0 radical (unpaired) electrons. The summed E-state index contributed by atoms with van der Waals surface area (Å²) >= 11 is 0. The number of nitrogens with zero attached hydrogens (tertiary/aromatic N) is 1. The van der Waals surface area contributed by atoms with Gasteiger partial charge in [0.15, 0.2) is 0 Å². The zero-order chi connectivity index (χ0) is 15.9. The largest absolute Gasteiger partial charge is 0.412 e. The van der Waals surface area contributed by atoms with Gasteiger partial charge in [0.25, 0.3) is 0 Å². The first-order chi connectivity index (χ1) is 10.6. The molecule has 1 fully saturated rings. The molecule has 0 atom stereocenters. The van der Waals surface area contributed by atoms with E-state index >= 15 is 0 Å². The molecule has 1 saturated heterocycles. The Morgan fingerprint density at radius 2 is 1.95 bits per heavy atom. The van der Waals surface area contributed by atoms with Crippen LogP contribution in [0.15, 0.2) is 12.1 Å². The fourth-order valence-electron chi connectivity index (χ4n) is 3.02. The van der Waals surface area contributed by atoms with E-state index in [9.17, 15) is 4.79 Å². The van der Waals surface area contributed by atoms with Gasteiger partial charge in [-0.1, -0.05) is 31.0 Å². The van der Waals surface area contributed by atoms with Crippen molar-refractivity contribution in [3.63, 3.8) is 0 Å². The summed E-state index contributed by atoms with van der Waals surface area (Å²) in [6, 6.07) is 4.21. The van der Waals surface area contributed by atoms with E-state index in [4.69, 9.17) is 4.74 Å². The van der Waals surface area contributed by atoms with Gasteiger partial charge in [-0.05, 0) is 51.8 Å². The van der Waals surface area contributed by atoms with Gasteiger partial charge in [0, 0.05) is 18.7 Å². The lowest BCUT2D eigenvalue weighted by molar-refractivity contribution is 0.195. The molecule has 122 valence electrons. The molecule has 0 bridgehead atoms. The highest BCUT2D eigenvalue weighted by molar-refractivity contribution is 5.71. The van der Waals surface area contributed by atoms with Crippen LogP contribution in [0.2, 0.25) is 0 Å². The molecule has 0 saturated carbocycles. The van der Waals surface area contributed by atoms with Crippen molar-refractivity contribution in [2.75, 3.05) is 19.6 Å². The lowest BCUT2D eigenvalue weighted by Gasteiger charge is -2.27. The molecule has 0 spiro atoms. The molecule has 4 heteroatoms. The molecule has 0 aliphatic carbocycles. The number of likely N-dealkylation sites (tertiary alicyclic amines) is 1. The summed E-state index contributed by atoms with van der Waals surface area (Å²) in [5.41, 5.74) is 3.36. The Bertz CT molecular complexity index is 508. The molecule has 1 N–H and O–H groups in total. The van der Waals surface area contributed by atoms with Crippen molar-refractivity contribution in [1.29, 1.82) is 0 Å². The Balaban J connectivity index is 2.13. The minimum Gasteiger partial charge on any atom is -0.410 e. The van der Waals surface area contributed by atoms with Crippen LogP contribution in [0.4, 0.5) is 4.79 Å². The number of carbonyl (C=O) groups is 1. The summed E-state index contributed by atoms with van der Waals surface area (Å²) in [6.07, 6.45) is 4.40. The highest BCUT2D eigenvalue weighted by atomic mass is 16.6. The molecule has 1 aromatic carbocycles. The van der Waals surface area contributed by atoms with Crippen LogP contribution in [0.3, 0.4) is 0 Å². The molecular weight excluding hydrogens is 276 g/mol. The van der Waals surface area contributed by atoms with Crippen molar-refractivity contribution in [1.82, 2.24) is 10.2 Å². The first-order valence-electron chi connectivity index (χ1n) is 8.38. The van der Waals surface area contributed by atoms with Crippen molar-refractivity contribution in [3.8, 4) is 5.75 Å². The van der Waals surface area contributed by atoms with Crippen LogP contribution in [0.5, 0.6) is 5.75 Å². The van der Waals surface area contributed by atoms with Gasteiger partial charge in [-0.25, -0.2) is 4.79 Å². The fraction of sp³-hybridized carbons (Fsp3) is 0.611. The van der Waals surface area contributed by atoms with Gasteiger partial charge in [0.05, 0.1) is 0 Å². The standard InChI is InChI=1S/C18H28N2O2/c1-4-8-19-18(21)22-17-15(3)11-14(2)12-16(17)13-20-9-6-5-7-10-20/h11-12H,4-10,13H2,1-3H3,(H,19,21). The molecular formula is C18H28N2O2. The monoisotopic (exact) mass is 304 g/mol. The van der Waals surface area contributed by atoms with E-state index in [0.717, 1.165) is 42.9 Å². The van der Waals surface area contributed by atoms with Crippen LogP contribution in [0.1, 0.15) is 49.3 Å². The highest BCUT2D eigenvalue weighted by Crippen LogP contribution is 2.27. The van der Waals surface area contributed by atoms with E-state index in [-0.39, 0.29) is 6.09 Å². The van der Waals surface area contributed by atoms with Gasteiger partial charge in [0.2, 0.25) is 0 Å². The number of ether oxygens (including phenoxy) is 1. The van der Waals surface area contributed by atoms with Gasteiger partial charge in [-0.2, -0.15) is 0 Å². The van der Waals surface area contributed by atoms with Gasteiger partial charge < -0.3 is 10.1 Å². The van der Waals surface area contributed by atoms with Crippen LogP contribution in [0.25, 0.3) is 0 Å². The van der Waals surface area contributed by atoms with Gasteiger partial charge >= 0.3 is 6.09 Å². The first kappa shape index (κ1) is 16.8. The maximum atomic E-state index is 11.9. The summed E-state index contributed by atoms with van der Waals surface area (Å²) in [4.78, 5) is 14.4. The van der Waals surface area contributed by atoms with Crippen molar-refractivity contribution in [2.45, 2.75) is 53.0 Å². The summed E-state index contributed by atoms with van der Waals surface area (Å²) in [7, 11) is 0. The Hall–Kier alpha value is -1.55. The molecule has 4 nitrogen and oxygen atoms in total. The van der Waals surface area contributed by atoms with Crippen LogP contribution < -0.4 is 10.1 Å². The summed E-state index contributed by atoms with van der Waals surface area (Å²) in [5, 5.41) is 2.78. The number of hydrogen-bond donors (Lipinski definition) is 1. The smallest absolute Gasteiger partial charge is 0.410 e. The van der Waals surface area contributed by atoms with E-state index < -0.39 is 0 Å². The maximum Gasteiger partial charge on any atom is 0.412 e. The summed E-state index contributed by atoms with van der Waals surface area (Å²) in [6.45, 7) is 9.90. The van der Waals surface area contributed by atoms with Crippen LogP contribution in [-0.4, -0.2) is 30.6 Å². The van der Waals surface area contributed by atoms with Crippen molar-refractivity contribution in [2.24, 2.45) is 0 Å². The predicted octanol–water partition coefficient (Wildman–Crippen LogP) is 3.79. The quantitative estimate of drug-likeness (QED) is 0.900. The van der Waals surface area contributed by atoms with Crippen molar-refractivity contribution in [3.05, 3.63) is 28.8 Å². The number of rotatable bonds is 5. The van der Waals surface area contributed by atoms with Crippen LogP contribution in [0, 0.1) is 13.8 Å². The Kier molecular flexibility index (Phi) is 6.25. The molecule has 1 heterocycles. The second-order valence-electron chi connectivity index (χ2n) is 6.22. The summed E-state index contributed by atoms with van der Waals surface area (Å²) < 4.78 is 5.60. The van der Waals surface area contributed by atoms with Crippen molar-refractivity contribution < 1.29 is 9.53 Å². The van der Waals surface area contributed by atoms with Crippen LogP contribution in [-0.2, 0) is 6.54 Å². The van der Waals surface area contributed by atoms with Gasteiger partial charge in [0.1, 0.15) is 5.75 Å². The molecule has 22 heavy (non-hydrogen) atoms. The predicted molar refractivity (Wildman–Crippen MR) is 89.4 cm³/mol. The lowest BCUT2D eigenvalue weighted by Crippen LogP contribution is -2.31. The molecule has 1 amide bonds. The van der Waals surface area contributed by atoms with Gasteiger partial charge in [-0.15, -0.1) is 0 Å². The van der Waals surface area contributed by atoms with E-state index in [2.05, 4.69) is 29.3 Å². The topological polar surface area (TPSA) is 41.6 Å². The molecule has 1 aromatic rings. The number of amides is 1. The molecule has 1 aliphatic heterocycles. The average Bonchev–Trinajstić information content (AvgIpc) is 2.49. The van der Waals surface area contributed by atoms with Crippen LogP contribution >= 0.6 is 0 Å².